The minimum absolute atomic E-state index is 0.0929. The van der Waals surface area contributed by atoms with Crippen molar-refractivity contribution in [1.29, 1.82) is 0 Å². The smallest absolute Gasteiger partial charge is 0.198 e. The largest absolute Gasteiger partial charge is 0.392 e. The van der Waals surface area contributed by atoms with E-state index < -0.39 is 23.6 Å². The quantitative estimate of drug-likeness (QED) is 0.752. The van der Waals surface area contributed by atoms with Crippen LogP contribution >= 0.6 is 0 Å². The van der Waals surface area contributed by atoms with Crippen molar-refractivity contribution in [3.05, 3.63) is 0 Å². The fourth-order valence-electron chi connectivity index (χ4n) is 5.69. The normalized spacial score (nSPS) is 40.3. The highest BCUT2D eigenvalue weighted by atomic mass is 16.8. The summed E-state index contributed by atoms with van der Waals surface area (Å²) >= 11 is 0. The monoisotopic (exact) mass is 364 g/mol. The molecular formula is C21H32O5. The first kappa shape index (κ1) is 18.7. The van der Waals surface area contributed by atoms with Crippen molar-refractivity contribution < 1.29 is 24.4 Å². The van der Waals surface area contributed by atoms with Gasteiger partial charge in [-0.25, -0.2) is 0 Å². The molecular weight excluding hydrogens is 332 g/mol. The molecule has 1 spiro atoms. The molecule has 0 aromatic heterocycles. The molecule has 0 aromatic rings. The highest BCUT2D eigenvalue weighted by Crippen LogP contribution is 2.62. The van der Waals surface area contributed by atoms with Crippen LogP contribution in [0.4, 0.5) is 0 Å². The number of ether oxygens (including phenoxy) is 3. The molecule has 4 rings (SSSR count). The molecule has 0 unspecified atom stereocenters. The molecule has 146 valence electrons. The van der Waals surface area contributed by atoms with Crippen LogP contribution in [0.2, 0.25) is 0 Å². The lowest BCUT2D eigenvalue weighted by atomic mass is 9.52. The molecule has 5 atom stereocenters. The third-order valence-electron chi connectivity index (χ3n) is 7.04. The summed E-state index contributed by atoms with van der Waals surface area (Å²) in [5.41, 5.74) is -0.507. The summed E-state index contributed by atoms with van der Waals surface area (Å²) in [6.45, 7) is 3.78. The molecule has 0 bridgehead atoms. The third kappa shape index (κ3) is 2.91. The average molecular weight is 364 g/mol. The molecule has 4 fully saturated rings. The molecule has 0 amide bonds. The number of rotatable bonds is 3. The van der Waals surface area contributed by atoms with Gasteiger partial charge in [-0.3, -0.25) is 0 Å². The summed E-state index contributed by atoms with van der Waals surface area (Å²) < 4.78 is 18.2. The molecule has 5 nitrogen and oxygen atoms in total. The first-order chi connectivity index (χ1) is 12.6. The Hall–Kier alpha value is -0.640. The highest BCUT2D eigenvalue weighted by Gasteiger charge is 2.73. The number of fused-ring (bicyclic) bond motifs is 2. The maximum Gasteiger partial charge on any atom is 0.198 e. The van der Waals surface area contributed by atoms with Gasteiger partial charge in [0, 0.05) is 18.9 Å². The van der Waals surface area contributed by atoms with Gasteiger partial charge in [-0.1, -0.05) is 31.1 Å². The van der Waals surface area contributed by atoms with E-state index in [-0.39, 0.29) is 17.8 Å². The van der Waals surface area contributed by atoms with Crippen LogP contribution in [-0.2, 0) is 14.2 Å². The third-order valence-corrected chi connectivity index (χ3v) is 7.04. The second-order valence-electron chi connectivity index (χ2n) is 8.35. The summed E-state index contributed by atoms with van der Waals surface area (Å²) in [4.78, 5) is 0. The maximum atomic E-state index is 10.6. The van der Waals surface area contributed by atoms with E-state index in [1.807, 2.05) is 6.92 Å². The number of aliphatic hydroxyl groups excluding tert-OH is 2. The van der Waals surface area contributed by atoms with E-state index in [1.54, 1.807) is 0 Å². The van der Waals surface area contributed by atoms with Crippen LogP contribution in [-0.4, -0.2) is 53.6 Å². The van der Waals surface area contributed by atoms with Gasteiger partial charge in [0.15, 0.2) is 5.79 Å². The van der Waals surface area contributed by atoms with Crippen LogP contribution in [0, 0.1) is 29.6 Å². The van der Waals surface area contributed by atoms with Crippen LogP contribution in [0.3, 0.4) is 0 Å². The molecule has 1 aliphatic heterocycles. The zero-order valence-electron chi connectivity index (χ0n) is 15.8. The van der Waals surface area contributed by atoms with Crippen LogP contribution in [0.15, 0.2) is 0 Å². The van der Waals surface area contributed by atoms with Gasteiger partial charge >= 0.3 is 0 Å². The van der Waals surface area contributed by atoms with Crippen LogP contribution in [0.1, 0.15) is 58.3 Å². The first-order valence-electron chi connectivity index (χ1n) is 10.4. The lowest BCUT2D eigenvalue weighted by Gasteiger charge is -2.64. The van der Waals surface area contributed by atoms with E-state index in [1.165, 1.54) is 19.3 Å². The molecule has 3 aliphatic carbocycles. The van der Waals surface area contributed by atoms with E-state index in [0.717, 1.165) is 19.3 Å². The average Bonchev–Trinajstić information content (AvgIpc) is 3.16. The van der Waals surface area contributed by atoms with E-state index in [4.69, 9.17) is 14.2 Å². The van der Waals surface area contributed by atoms with Crippen LogP contribution < -0.4 is 0 Å². The summed E-state index contributed by atoms with van der Waals surface area (Å²) in [7, 11) is 0. The standard InChI is InChI=1S/C21H32O5/c1-2-24-20-11-10-19(23)16(17(20)14-21(20)25-12-13-26-21)8-9-18(22)15-6-4-3-5-7-15/h15-19,22-23H,2-7,10-14H2,1H3/t16-,17-,18-,19-,20-/m1/s1. The van der Waals surface area contributed by atoms with E-state index in [0.29, 0.717) is 32.7 Å². The minimum Gasteiger partial charge on any atom is -0.392 e. The Balaban J connectivity index is 1.52. The summed E-state index contributed by atoms with van der Waals surface area (Å²) in [6, 6.07) is 0. The van der Waals surface area contributed by atoms with Crippen LogP contribution in [0.25, 0.3) is 0 Å². The molecule has 1 heterocycles. The van der Waals surface area contributed by atoms with Gasteiger partial charge in [-0.15, -0.1) is 0 Å². The fourth-order valence-corrected chi connectivity index (χ4v) is 5.69. The van der Waals surface area contributed by atoms with Gasteiger partial charge in [-0.2, -0.15) is 0 Å². The minimum atomic E-state index is -0.657. The Labute approximate surface area is 156 Å². The maximum absolute atomic E-state index is 10.6. The van der Waals surface area contributed by atoms with Crippen molar-refractivity contribution in [2.24, 2.45) is 17.8 Å². The summed E-state index contributed by atoms with van der Waals surface area (Å²) in [5.74, 6) is 5.86. The van der Waals surface area contributed by atoms with Gasteiger partial charge in [0.25, 0.3) is 0 Å². The molecule has 26 heavy (non-hydrogen) atoms. The predicted molar refractivity (Wildman–Crippen MR) is 96.2 cm³/mol. The molecule has 3 saturated carbocycles. The Morgan fingerprint density at radius 2 is 1.88 bits per heavy atom. The fraction of sp³-hybridized carbons (Fsp3) is 0.905. The van der Waals surface area contributed by atoms with Crippen molar-refractivity contribution in [2.45, 2.75) is 81.9 Å². The Bertz CT molecular complexity index is 554. The molecule has 5 heteroatoms. The van der Waals surface area contributed by atoms with Crippen molar-refractivity contribution >= 4 is 0 Å². The lowest BCUT2D eigenvalue weighted by molar-refractivity contribution is -0.387. The van der Waals surface area contributed by atoms with Gasteiger partial charge in [0.2, 0.25) is 0 Å². The van der Waals surface area contributed by atoms with Gasteiger partial charge in [0.05, 0.1) is 25.2 Å². The number of hydrogen-bond acceptors (Lipinski definition) is 5. The van der Waals surface area contributed by atoms with Crippen molar-refractivity contribution in [1.82, 2.24) is 0 Å². The number of aliphatic hydroxyl groups is 2. The summed E-state index contributed by atoms with van der Waals surface area (Å²) in [6.07, 6.45) is 6.76. The second-order valence-corrected chi connectivity index (χ2v) is 8.35. The SMILES string of the molecule is CCO[C@]12CC[C@@H](O)[C@H](C#C[C@@H](O)C3CCCCC3)[C@H]1CC21OCCO1. The van der Waals surface area contributed by atoms with E-state index >= 15 is 0 Å². The zero-order valence-corrected chi connectivity index (χ0v) is 15.8. The van der Waals surface area contributed by atoms with E-state index in [2.05, 4.69) is 11.8 Å². The first-order valence-corrected chi connectivity index (χ1v) is 10.4. The zero-order chi connectivity index (χ0) is 18.2. The molecule has 4 aliphatic rings. The highest BCUT2D eigenvalue weighted by molar-refractivity contribution is 5.24. The van der Waals surface area contributed by atoms with Crippen molar-refractivity contribution in [3.8, 4) is 11.8 Å². The Morgan fingerprint density at radius 1 is 1.15 bits per heavy atom. The van der Waals surface area contributed by atoms with Gasteiger partial charge in [-0.05, 0) is 38.5 Å². The van der Waals surface area contributed by atoms with Crippen LogP contribution in [0.5, 0.6) is 0 Å². The van der Waals surface area contributed by atoms with Gasteiger partial charge < -0.3 is 24.4 Å². The molecule has 1 saturated heterocycles. The second kappa shape index (κ2) is 7.41. The Kier molecular flexibility index (Phi) is 5.33. The van der Waals surface area contributed by atoms with Crippen molar-refractivity contribution in [3.63, 3.8) is 0 Å². The van der Waals surface area contributed by atoms with E-state index in [9.17, 15) is 10.2 Å². The van der Waals surface area contributed by atoms with Gasteiger partial charge in [0.1, 0.15) is 11.7 Å². The predicted octanol–water partition coefficient (Wildman–Crippen LogP) is 2.24. The van der Waals surface area contributed by atoms with Crippen molar-refractivity contribution in [2.75, 3.05) is 19.8 Å². The summed E-state index contributed by atoms with van der Waals surface area (Å²) in [5, 5.41) is 21.1. The molecule has 0 radical (unpaired) electrons. The lowest BCUT2D eigenvalue weighted by Crippen LogP contribution is -2.75. The Morgan fingerprint density at radius 3 is 2.58 bits per heavy atom. The molecule has 2 N–H and O–H groups in total. The topological polar surface area (TPSA) is 68.2 Å². The molecule has 0 aromatic carbocycles. The number of hydrogen-bond donors (Lipinski definition) is 2.